The van der Waals surface area contributed by atoms with E-state index in [0.717, 1.165) is 28.4 Å². The zero-order valence-electron chi connectivity index (χ0n) is 17.1. The first kappa shape index (κ1) is 20.5. The maximum atomic E-state index is 12.8. The fourth-order valence-corrected chi connectivity index (χ4v) is 4.22. The number of rotatable bonds is 7. The summed E-state index contributed by atoms with van der Waals surface area (Å²) in [6.45, 7) is 8.50. The molecular weight excluding hydrogens is 372 g/mol. The summed E-state index contributed by atoms with van der Waals surface area (Å²) in [6, 6.07) is 6.20. The minimum Gasteiger partial charge on any atom is -0.342 e. The zero-order chi connectivity index (χ0) is 20.3. The van der Waals surface area contributed by atoms with Gasteiger partial charge in [-0.15, -0.1) is 11.3 Å². The Morgan fingerprint density at radius 3 is 2.61 bits per heavy atom. The van der Waals surface area contributed by atoms with Crippen LogP contribution >= 0.6 is 11.3 Å². The molecule has 150 valence electrons. The van der Waals surface area contributed by atoms with Crippen LogP contribution in [-0.2, 0) is 16.0 Å². The molecule has 28 heavy (non-hydrogen) atoms. The van der Waals surface area contributed by atoms with E-state index in [1.807, 2.05) is 44.9 Å². The Kier molecular flexibility index (Phi) is 6.46. The van der Waals surface area contributed by atoms with Crippen LogP contribution in [0.2, 0.25) is 0 Å². The van der Waals surface area contributed by atoms with E-state index in [2.05, 4.69) is 16.4 Å². The summed E-state index contributed by atoms with van der Waals surface area (Å²) < 4.78 is 0. The van der Waals surface area contributed by atoms with Crippen molar-refractivity contribution in [3.05, 3.63) is 34.2 Å². The van der Waals surface area contributed by atoms with Gasteiger partial charge in [-0.1, -0.05) is 6.07 Å². The van der Waals surface area contributed by atoms with Gasteiger partial charge in [-0.05, 0) is 51.9 Å². The molecule has 0 aliphatic carbocycles. The third kappa shape index (κ3) is 4.42. The zero-order valence-corrected chi connectivity index (χ0v) is 17.9. The summed E-state index contributed by atoms with van der Waals surface area (Å²) >= 11 is 1.64. The Hall–Kier alpha value is -2.25. The second kappa shape index (κ2) is 8.84. The van der Waals surface area contributed by atoms with Crippen LogP contribution in [-0.4, -0.2) is 66.4 Å². The first-order valence-corrected chi connectivity index (χ1v) is 10.6. The molecule has 0 radical (unpaired) electrons. The smallest absolute Gasteiger partial charge is 0.241 e. The van der Waals surface area contributed by atoms with Crippen molar-refractivity contribution in [3.63, 3.8) is 0 Å². The van der Waals surface area contributed by atoms with Crippen LogP contribution in [0.5, 0.6) is 0 Å². The quantitative estimate of drug-likeness (QED) is 0.717. The third-order valence-corrected chi connectivity index (χ3v) is 5.89. The van der Waals surface area contributed by atoms with E-state index < -0.39 is 0 Å². The predicted octanol–water partition coefficient (Wildman–Crippen LogP) is 2.81. The lowest BCUT2D eigenvalue weighted by molar-refractivity contribution is -0.132. The van der Waals surface area contributed by atoms with E-state index in [4.69, 9.17) is 0 Å². The van der Waals surface area contributed by atoms with Crippen LogP contribution in [0, 0.1) is 6.92 Å². The fourth-order valence-electron chi connectivity index (χ4n) is 3.60. The number of aromatic nitrogens is 1. The number of carbonyl (C=O) groups is 2. The van der Waals surface area contributed by atoms with Crippen molar-refractivity contribution < 1.29 is 9.59 Å². The summed E-state index contributed by atoms with van der Waals surface area (Å²) in [4.78, 5) is 35.0. The van der Waals surface area contributed by atoms with Gasteiger partial charge in [0.05, 0.1) is 23.8 Å². The van der Waals surface area contributed by atoms with Crippen molar-refractivity contribution in [2.75, 3.05) is 44.7 Å². The van der Waals surface area contributed by atoms with E-state index in [9.17, 15) is 9.59 Å². The van der Waals surface area contributed by atoms with Gasteiger partial charge in [0.2, 0.25) is 11.8 Å². The summed E-state index contributed by atoms with van der Waals surface area (Å²) in [6.07, 6.45) is 0.847. The standard InChI is InChI=1S/C21H28N4O2S/c1-5-24(6-2)20(26)12-23(4)13-21(27)25-10-9-17-11-16(7-8-19(17)25)18-14-28-15(3)22-18/h7-8,11,14H,5-6,9-10,12-13H2,1-4H3. The molecule has 2 amide bonds. The second-order valence-corrected chi connectivity index (χ2v) is 8.19. The number of hydrogen-bond donors (Lipinski definition) is 0. The fraction of sp³-hybridized carbons (Fsp3) is 0.476. The molecule has 0 unspecified atom stereocenters. The maximum absolute atomic E-state index is 12.8. The number of thiazole rings is 1. The highest BCUT2D eigenvalue weighted by Gasteiger charge is 2.26. The second-order valence-electron chi connectivity index (χ2n) is 7.13. The first-order chi connectivity index (χ1) is 13.4. The van der Waals surface area contributed by atoms with Gasteiger partial charge in [0.1, 0.15) is 0 Å². The summed E-state index contributed by atoms with van der Waals surface area (Å²) in [5.74, 6) is 0.0937. The number of fused-ring (bicyclic) bond motifs is 1. The van der Waals surface area contributed by atoms with E-state index in [1.165, 1.54) is 5.56 Å². The molecule has 6 nitrogen and oxygen atoms in total. The Bertz CT molecular complexity index is 860. The first-order valence-electron chi connectivity index (χ1n) is 9.75. The molecule has 3 rings (SSSR count). The Balaban J connectivity index is 1.65. The average Bonchev–Trinajstić information content (AvgIpc) is 3.28. The largest absolute Gasteiger partial charge is 0.342 e. The molecule has 0 spiro atoms. The van der Waals surface area contributed by atoms with E-state index in [-0.39, 0.29) is 24.9 Å². The van der Waals surface area contributed by atoms with Crippen LogP contribution in [0.3, 0.4) is 0 Å². The van der Waals surface area contributed by atoms with Gasteiger partial charge < -0.3 is 9.80 Å². The SMILES string of the molecule is CCN(CC)C(=O)CN(C)CC(=O)N1CCc2cc(-c3csc(C)n3)ccc21. The van der Waals surface area contributed by atoms with E-state index in [0.29, 0.717) is 19.6 Å². The van der Waals surface area contributed by atoms with Crippen molar-refractivity contribution >= 4 is 28.8 Å². The maximum Gasteiger partial charge on any atom is 0.241 e. The molecule has 0 N–H and O–H groups in total. The molecule has 1 aliphatic rings. The van der Waals surface area contributed by atoms with Gasteiger partial charge in [0.25, 0.3) is 0 Å². The average molecular weight is 401 g/mol. The molecule has 1 aliphatic heterocycles. The van der Waals surface area contributed by atoms with Crippen molar-refractivity contribution in [2.45, 2.75) is 27.2 Å². The van der Waals surface area contributed by atoms with Crippen LogP contribution in [0.25, 0.3) is 11.3 Å². The van der Waals surface area contributed by atoms with Crippen LogP contribution in [0.1, 0.15) is 24.4 Å². The Labute approximate surface area is 170 Å². The normalized spacial score (nSPS) is 13.1. The molecule has 2 heterocycles. The van der Waals surface area contributed by atoms with Crippen LogP contribution in [0.4, 0.5) is 5.69 Å². The molecular formula is C21H28N4O2S. The minimum atomic E-state index is 0.0332. The summed E-state index contributed by atoms with van der Waals surface area (Å²) in [5, 5.41) is 3.12. The number of anilines is 1. The molecule has 1 aromatic carbocycles. The third-order valence-electron chi connectivity index (χ3n) is 5.12. The highest BCUT2D eigenvalue weighted by Crippen LogP contribution is 2.32. The highest BCUT2D eigenvalue weighted by molar-refractivity contribution is 7.09. The van der Waals surface area contributed by atoms with Gasteiger partial charge in [-0.2, -0.15) is 0 Å². The van der Waals surface area contributed by atoms with E-state index in [1.54, 1.807) is 21.1 Å². The van der Waals surface area contributed by atoms with Crippen molar-refractivity contribution in [2.24, 2.45) is 0 Å². The van der Waals surface area contributed by atoms with Gasteiger partial charge in [-0.3, -0.25) is 14.5 Å². The highest BCUT2D eigenvalue weighted by atomic mass is 32.1. The minimum absolute atomic E-state index is 0.0332. The lowest BCUT2D eigenvalue weighted by Gasteiger charge is -2.25. The van der Waals surface area contributed by atoms with Crippen LogP contribution in [0.15, 0.2) is 23.6 Å². The number of likely N-dealkylation sites (N-methyl/N-ethyl adjacent to an activating group) is 2. The molecule has 7 heteroatoms. The topological polar surface area (TPSA) is 56.8 Å². The summed E-state index contributed by atoms with van der Waals surface area (Å²) in [7, 11) is 1.82. The molecule has 0 saturated carbocycles. The van der Waals surface area contributed by atoms with Gasteiger partial charge in [-0.25, -0.2) is 4.98 Å². The number of nitrogens with zero attached hydrogens (tertiary/aromatic N) is 4. The molecule has 2 aromatic rings. The number of benzene rings is 1. The molecule has 0 bridgehead atoms. The molecule has 1 aromatic heterocycles. The van der Waals surface area contributed by atoms with Crippen molar-refractivity contribution in [3.8, 4) is 11.3 Å². The Morgan fingerprint density at radius 1 is 1.21 bits per heavy atom. The molecule has 0 atom stereocenters. The van der Waals surface area contributed by atoms with Gasteiger partial charge >= 0.3 is 0 Å². The molecule has 0 fully saturated rings. The van der Waals surface area contributed by atoms with Crippen molar-refractivity contribution in [1.82, 2.24) is 14.8 Å². The summed E-state index contributed by atoms with van der Waals surface area (Å²) in [5.41, 5.74) is 4.24. The Morgan fingerprint density at radius 2 is 1.96 bits per heavy atom. The lowest BCUT2D eigenvalue weighted by Crippen LogP contribution is -2.43. The lowest BCUT2D eigenvalue weighted by atomic mass is 10.1. The number of amides is 2. The van der Waals surface area contributed by atoms with Crippen LogP contribution < -0.4 is 4.90 Å². The number of hydrogen-bond acceptors (Lipinski definition) is 5. The van der Waals surface area contributed by atoms with Gasteiger partial charge in [0, 0.05) is 36.3 Å². The number of aryl methyl sites for hydroxylation is 1. The number of carbonyl (C=O) groups excluding carboxylic acids is 2. The predicted molar refractivity (Wildman–Crippen MR) is 114 cm³/mol. The molecule has 0 saturated heterocycles. The van der Waals surface area contributed by atoms with Gasteiger partial charge in [0.15, 0.2) is 0 Å². The van der Waals surface area contributed by atoms with E-state index >= 15 is 0 Å². The monoisotopic (exact) mass is 400 g/mol. The van der Waals surface area contributed by atoms with Crippen molar-refractivity contribution in [1.29, 1.82) is 0 Å².